The summed E-state index contributed by atoms with van der Waals surface area (Å²) in [4.78, 5) is 15.8. The minimum atomic E-state index is 0.462. The van der Waals surface area contributed by atoms with Crippen molar-refractivity contribution in [1.82, 2.24) is 24.4 Å². The van der Waals surface area contributed by atoms with Crippen molar-refractivity contribution in [3.63, 3.8) is 0 Å². The lowest BCUT2D eigenvalue weighted by Gasteiger charge is -2.30. The van der Waals surface area contributed by atoms with E-state index in [9.17, 15) is 0 Å². The second-order valence-corrected chi connectivity index (χ2v) is 5.21. The maximum absolute atomic E-state index is 4.60. The van der Waals surface area contributed by atoms with Gasteiger partial charge in [-0.05, 0) is 33.4 Å². The Morgan fingerprint density at radius 2 is 2.00 bits per heavy atom. The van der Waals surface area contributed by atoms with Crippen molar-refractivity contribution < 1.29 is 0 Å². The fourth-order valence-electron chi connectivity index (χ4n) is 2.81. The Morgan fingerprint density at radius 3 is 2.74 bits per heavy atom. The largest absolute Gasteiger partial charge is 0.306 e. The van der Waals surface area contributed by atoms with Gasteiger partial charge in [-0.25, -0.2) is 9.97 Å². The van der Waals surface area contributed by atoms with Gasteiger partial charge in [-0.1, -0.05) is 0 Å². The molecule has 0 aromatic carbocycles. The minimum absolute atomic E-state index is 0.462. The molecule has 1 aliphatic heterocycles. The van der Waals surface area contributed by atoms with Crippen LogP contribution in [0.5, 0.6) is 0 Å². The molecule has 1 aliphatic rings. The maximum atomic E-state index is 4.60. The van der Waals surface area contributed by atoms with Crippen LogP contribution in [0.2, 0.25) is 0 Å². The first kappa shape index (κ1) is 12.3. The van der Waals surface area contributed by atoms with Gasteiger partial charge in [0, 0.05) is 37.3 Å². The number of likely N-dealkylation sites (N-methyl/N-ethyl adjacent to an activating group) is 1. The number of imidazole rings is 1. The van der Waals surface area contributed by atoms with Gasteiger partial charge in [0.1, 0.15) is 5.82 Å². The molecule has 0 saturated carbocycles. The highest BCUT2D eigenvalue weighted by atomic mass is 15.1. The molecule has 3 rings (SSSR count). The quantitative estimate of drug-likeness (QED) is 0.822. The molecule has 0 radical (unpaired) electrons. The van der Waals surface area contributed by atoms with Crippen LogP contribution in [0.3, 0.4) is 0 Å². The van der Waals surface area contributed by atoms with E-state index in [1.54, 1.807) is 18.6 Å². The van der Waals surface area contributed by atoms with Crippen LogP contribution < -0.4 is 0 Å². The number of rotatable bonds is 2. The predicted molar refractivity (Wildman–Crippen MR) is 73.4 cm³/mol. The third-order valence-corrected chi connectivity index (χ3v) is 3.77. The summed E-state index contributed by atoms with van der Waals surface area (Å²) in [5.41, 5.74) is 1.09. The van der Waals surface area contributed by atoms with Crippen LogP contribution in [0.15, 0.2) is 24.8 Å². The van der Waals surface area contributed by atoms with E-state index < -0.39 is 0 Å². The van der Waals surface area contributed by atoms with Crippen molar-refractivity contribution in [3.05, 3.63) is 36.3 Å². The molecule has 1 fully saturated rings. The Hall–Kier alpha value is -1.75. The van der Waals surface area contributed by atoms with Crippen molar-refractivity contribution in [2.75, 3.05) is 20.1 Å². The van der Waals surface area contributed by atoms with Crippen molar-refractivity contribution in [2.45, 2.75) is 25.7 Å². The smallest absolute Gasteiger partial charge is 0.160 e. The highest BCUT2D eigenvalue weighted by Gasteiger charge is 2.24. The standard InChI is InChI=1S/C14H19N5/c1-11-15-7-9-19(11)14-13(16-5-6-17-14)12-4-3-8-18(2)10-12/h5-7,9,12H,3-4,8,10H2,1-2H3/t12-/m0/s1. The molecule has 0 amide bonds. The number of piperidine rings is 1. The molecule has 2 aromatic heterocycles. The van der Waals surface area contributed by atoms with Crippen LogP contribution in [0.25, 0.3) is 5.82 Å². The molecule has 0 spiro atoms. The second-order valence-electron chi connectivity index (χ2n) is 5.21. The fraction of sp³-hybridized carbons (Fsp3) is 0.500. The topological polar surface area (TPSA) is 46.8 Å². The summed E-state index contributed by atoms with van der Waals surface area (Å²) < 4.78 is 2.02. The van der Waals surface area contributed by atoms with E-state index in [0.717, 1.165) is 23.9 Å². The lowest BCUT2D eigenvalue weighted by atomic mass is 9.94. The van der Waals surface area contributed by atoms with Gasteiger partial charge >= 0.3 is 0 Å². The molecular formula is C14H19N5. The fourth-order valence-corrected chi connectivity index (χ4v) is 2.81. The predicted octanol–water partition coefficient (Wildman–Crippen LogP) is 1.78. The normalized spacial score (nSPS) is 20.6. The molecule has 1 saturated heterocycles. The molecule has 5 heteroatoms. The lowest BCUT2D eigenvalue weighted by molar-refractivity contribution is 0.248. The molecule has 1 atom stereocenters. The maximum Gasteiger partial charge on any atom is 0.160 e. The molecule has 19 heavy (non-hydrogen) atoms. The first-order valence-corrected chi connectivity index (χ1v) is 6.75. The monoisotopic (exact) mass is 257 g/mol. The number of likely N-dealkylation sites (tertiary alicyclic amines) is 1. The highest BCUT2D eigenvalue weighted by molar-refractivity contribution is 5.32. The number of hydrogen-bond donors (Lipinski definition) is 0. The van der Waals surface area contributed by atoms with Gasteiger partial charge in [-0.3, -0.25) is 9.55 Å². The average Bonchev–Trinajstić information content (AvgIpc) is 2.85. The summed E-state index contributed by atoms with van der Waals surface area (Å²) in [6.45, 7) is 4.22. The van der Waals surface area contributed by atoms with Gasteiger partial charge in [-0.15, -0.1) is 0 Å². The van der Waals surface area contributed by atoms with Crippen LogP contribution >= 0.6 is 0 Å². The number of aryl methyl sites for hydroxylation is 1. The summed E-state index contributed by atoms with van der Waals surface area (Å²) in [7, 11) is 2.17. The Bertz CT molecular complexity index is 562. The number of nitrogens with zero attached hydrogens (tertiary/aromatic N) is 5. The first-order valence-electron chi connectivity index (χ1n) is 6.75. The molecule has 3 heterocycles. The molecule has 100 valence electrons. The summed E-state index contributed by atoms with van der Waals surface area (Å²) in [5.74, 6) is 2.34. The third kappa shape index (κ3) is 2.38. The van der Waals surface area contributed by atoms with Crippen LogP contribution in [-0.2, 0) is 0 Å². The SMILES string of the molecule is Cc1nccn1-c1nccnc1[C@H]1CCCN(C)C1. The molecule has 2 aromatic rings. The van der Waals surface area contributed by atoms with Crippen molar-refractivity contribution >= 4 is 0 Å². The van der Waals surface area contributed by atoms with Gasteiger partial charge in [0.2, 0.25) is 0 Å². The second kappa shape index (κ2) is 5.09. The van der Waals surface area contributed by atoms with Crippen molar-refractivity contribution in [2.24, 2.45) is 0 Å². The summed E-state index contributed by atoms with van der Waals surface area (Å²) >= 11 is 0. The van der Waals surface area contributed by atoms with E-state index in [1.165, 1.54) is 19.4 Å². The first-order chi connectivity index (χ1) is 9.25. The molecule has 0 unspecified atom stereocenters. The Morgan fingerprint density at radius 1 is 1.16 bits per heavy atom. The molecular weight excluding hydrogens is 238 g/mol. The Balaban J connectivity index is 2.00. The van der Waals surface area contributed by atoms with Gasteiger partial charge < -0.3 is 4.90 Å². The van der Waals surface area contributed by atoms with Crippen molar-refractivity contribution in [1.29, 1.82) is 0 Å². The third-order valence-electron chi connectivity index (χ3n) is 3.77. The van der Waals surface area contributed by atoms with Crippen molar-refractivity contribution in [3.8, 4) is 5.82 Å². The Labute approximate surface area is 113 Å². The van der Waals surface area contributed by atoms with Crippen LogP contribution in [0.4, 0.5) is 0 Å². The van der Waals surface area contributed by atoms with E-state index in [-0.39, 0.29) is 0 Å². The zero-order chi connectivity index (χ0) is 13.2. The Kier molecular flexibility index (Phi) is 3.29. The zero-order valence-electron chi connectivity index (χ0n) is 11.5. The van der Waals surface area contributed by atoms with E-state index in [2.05, 4.69) is 26.9 Å². The summed E-state index contributed by atoms with van der Waals surface area (Å²) in [5, 5.41) is 0. The van der Waals surface area contributed by atoms with Crippen LogP contribution in [0.1, 0.15) is 30.3 Å². The lowest BCUT2D eigenvalue weighted by Crippen LogP contribution is -2.31. The van der Waals surface area contributed by atoms with E-state index in [0.29, 0.717) is 5.92 Å². The van der Waals surface area contributed by atoms with Gasteiger partial charge in [0.15, 0.2) is 5.82 Å². The minimum Gasteiger partial charge on any atom is -0.306 e. The molecule has 0 bridgehead atoms. The highest BCUT2D eigenvalue weighted by Crippen LogP contribution is 2.28. The molecule has 0 N–H and O–H groups in total. The molecule has 0 aliphatic carbocycles. The number of aromatic nitrogens is 4. The zero-order valence-corrected chi connectivity index (χ0v) is 11.5. The number of hydrogen-bond acceptors (Lipinski definition) is 4. The van der Waals surface area contributed by atoms with Gasteiger partial charge in [0.05, 0.1) is 5.69 Å². The average molecular weight is 257 g/mol. The van der Waals surface area contributed by atoms with Crippen LogP contribution in [0, 0.1) is 6.92 Å². The van der Waals surface area contributed by atoms with E-state index in [1.807, 2.05) is 17.7 Å². The summed E-state index contributed by atoms with van der Waals surface area (Å²) in [6, 6.07) is 0. The van der Waals surface area contributed by atoms with E-state index >= 15 is 0 Å². The van der Waals surface area contributed by atoms with Crippen LogP contribution in [-0.4, -0.2) is 44.6 Å². The molecule has 5 nitrogen and oxygen atoms in total. The van der Waals surface area contributed by atoms with Gasteiger partial charge in [-0.2, -0.15) is 0 Å². The summed E-state index contributed by atoms with van der Waals surface area (Å²) in [6.07, 6.45) is 9.71. The van der Waals surface area contributed by atoms with E-state index in [4.69, 9.17) is 0 Å². The van der Waals surface area contributed by atoms with Gasteiger partial charge in [0.25, 0.3) is 0 Å².